The Labute approximate surface area is 88.5 Å². The number of benzene rings is 1. The van der Waals surface area contributed by atoms with Crippen LogP contribution in [0.4, 0.5) is 10.5 Å². The molecule has 1 aliphatic rings. The number of anilines is 1. The van der Waals surface area contributed by atoms with Gasteiger partial charge < -0.3 is 15.3 Å². The number of nitrogens with one attached hydrogen (secondary N) is 1. The number of rotatable bonds is 1. The minimum Gasteiger partial charge on any atom is -0.465 e. The van der Waals surface area contributed by atoms with Crippen molar-refractivity contribution in [3.63, 3.8) is 0 Å². The van der Waals surface area contributed by atoms with Crippen molar-refractivity contribution in [2.75, 3.05) is 18.5 Å². The van der Waals surface area contributed by atoms with Crippen molar-refractivity contribution in [1.82, 2.24) is 5.32 Å². The van der Waals surface area contributed by atoms with Crippen LogP contribution in [0.25, 0.3) is 0 Å². The van der Waals surface area contributed by atoms with Crippen LogP contribution in [-0.2, 0) is 6.42 Å². The van der Waals surface area contributed by atoms with Gasteiger partial charge in [-0.15, -0.1) is 0 Å². The van der Waals surface area contributed by atoms with Crippen LogP contribution in [0.1, 0.15) is 5.56 Å². The van der Waals surface area contributed by atoms with Gasteiger partial charge in [-0.25, -0.2) is 4.79 Å². The first-order valence-corrected chi connectivity index (χ1v) is 4.95. The van der Waals surface area contributed by atoms with Crippen molar-refractivity contribution in [3.8, 4) is 0 Å². The largest absolute Gasteiger partial charge is 0.465 e. The molecule has 1 amide bonds. The zero-order valence-corrected chi connectivity index (χ0v) is 8.60. The van der Waals surface area contributed by atoms with E-state index in [9.17, 15) is 4.79 Å². The van der Waals surface area contributed by atoms with Gasteiger partial charge in [0.1, 0.15) is 0 Å². The second-order valence-corrected chi connectivity index (χ2v) is 3.86. The van der Waals surface area contributed by atoms with Crippen molar-refractivity contribution >= 4 is 11.8 Å². The summed E-state index contributed by atoms with van der Waals surface area (Å²) in [5, 5.41) is 11.2. The highest BCUT2D eigenvalue weighted by molar-refractivity contribution is 5.66. The number of likely N-dealkylation sites (N-methyl/N-ethyl adjacent to an activating group) is 1. The molecule has 1 aromatic carbocycles. The number of carboxylic acid groups (broad SMARTS) is 1. The number of carbonyl (C=O) groups is 1. The van der Waals surface area contributed by atoms with E-state index in [1.165, 1.54) is 11.3 Å². The van der Waals surface area contributed by atoms with Gasteiger partial charge in [0.15, 0.2) is 0 Å². The fourth-order valence-electron chi connectivity index (χ4n) is 2.09. The maximum atomic E-state index is 10.6. The van der Waals surface area contributed by atoms with Gasteiger partial charge in [-0.3, -0.25) is 0 Å². The second kappa shape index (κ2) is 3.81. The summed E-state index contributed by atoms with van der Waals surface area (Å²) in [7, 11) is 1.98. The maximum Gasteiger partial charge on any atom is 0.404 e. The van der Waals surface area contributed by atoms with Crippen molar-refractivity contribution in [2.24, 2.45) is 0 Å². The zero-order valence-electron chi connectivity index (χ0n) is 8.60. The molecule has 1 unspecified atom stereocenters. The number of para-hydroxylation sites is 1. The van der Waals surface area contributed by atoms with Crippen molar-refractivity contribution in [1.29, 1.82) is 0 Å². The summed E-state index contributed by atoms with van der Waals surface area (Å²) in [5.41, 5.74) is 2.39. The highest BCUT2D eigenvalue weighted by atomic mass is 16.4. The lowest BCUT2D eigenvalue weighted by Gasteiger charge is -2.33. The third-order valence-corrected chi connectivity index (χ3v) is 2.69. The van der Waals surface area contributed by atoms with Gasteiger partial charge in [-0.2, -0.15) is 0 Å². The van der Waals surface area contributed by atoms with Crippen LogP contribution >= 0.6 is 0 Å². The Balaban J connectivity index is 2.19. The van der Waals surface area contributed by atoms with Crippen LogP contribution in [0.3, 0.4) is 0 Å². The van der Waals surface area contributed by atoms with Crippen LogP contribution in [-0.4, -0.2) is 30.8 Å². The average Bonchev–Trinajstić information content (AvgIpc) is 2.16. The fourth-order valence-corrected chi connectivity index (χ4v) is 2.09. The third-order valence-electron chi connectivity index (χ3n) is 2.69. The molecule has 1 aromatic rings. The molecule has 2 N–H and O–H groups in total. The minimum atomic E-state index is -0.951. The molecule has 4 heteroatoms. The molecule has 15 heavy (non-hydrogen) atoms. The summed E-state index contributed by atoms with van der Waals surface area (Å²) >= 11 is 0. The molecule has 2 rings (SSSR count). The number of hydrogen-bond acceptors (Lipinski definition) is 2. The van der Waals surface area contributed by atoms with Crippen molar-refractivity contribution in [2.45, 2.75) is 12.5 Å². The van der Waals surface area contributed by atoms with E-state index in [-0.39, 0.29) is 6.04 Å². The van der Waals surface area contributed by atoms with E-state index in [0.29, 0.717) is 0 Å². The first kappa shape index (κ1) is 9.83. The SMILES string of the molecule is CN1CC(NC(=O)O)Cc2ccccc21. The zero-order chi connectivity index (χ0) is 10.8. The molecule has 0 spiro atoms. The van der Waals surface area contributed by atoms with Gasteiger partial charge in [0, 0.05) is 19.3 Å². The van der Waals surface area contributed by atoms with Gasteiger partial charge >= 0.3 is 6.09 Å². The van der Waals surface area contributed by atoms with E-state index in [1.807, 2.05) is 25.2 Å². The summed E-state index contributed by atoms with van der Waals surface area (Å²) in [6.07, 6.45) is -0.180. The predicted molar refractivity (Wildman–Crippen MR) is 58.4 cm³/mol. The van der Waals surface area contributed by atoms with E-state index in [2.05, 4.69) is 16.3 Å². The van der Waals surface area contributed by atoms with Gasteiger partial charge in [0.25, 0.3) is 0 Å². The quantitative estimate of drug-likeness (QED) is 0.728. The second-order valence-electron chi connectivity index (χ2n) is 3.86. The molecule has 1 aliphatic heterocycles. The van der Waals surface area contributed by atoms with Crippen molar-refractivity contribution in [3.05, 3.63) is 29.8 Å². The maximum absolute atomic E-state index is 10.6. The van der Waals surface area contributed by atoms with Crippen LogP contribution in [0.15, 0.2) is 24.3 Å². The standard InChI is InChI=1S/C11H14N2O2/c1-13-7-9(12-11(14)15)6-8-4-2-3-5-10(8)13/h2-5,9,12H,6-7H2,1H3,(H,14,15). The normalized spacial score (nSPS) is 19.5. The lowest BCUT2D eigenvalue weighted by molar-refractivity contribution is 0.189. The van der Waals surface area contributed by atoms with Gasteiger partial charge in [0.05, 0.1) is 6.04 Å². The molecule has 0 saturated heterocycles. The van der Waals surface area contributed by atoms with Crippen LogP contribution in [0, 0.1) is 0 Å². The van der Waals surface area contributed by atoms with E-state index in [4.69, 9.17) is 5.11 Å². The highest BCUT2D eigenvalue weighted by Gasteiger charge is 2.22. The van der Waals surface area contributed by atoms with E-state index in [1.54, 1.807) is 0 Å². The molecule has 80 valence electrons. The molecular weight excluding hydrogens is 192 g/mol. The molecule has 0 aliphatic carbocycles. The molecular formula is C11H14N2O2. The monoisotopic (exact) mass is 206 g/mol. The molecule has 0 aromatic heterocycles. The molecule has 0 fully saturated rings. The highest BCUT2D eigenvalue weighted by Crippen LogP contribution is 2.25. The van der Waals surface area contributed by atoms with Crippen molar-refractivity contribution < 1.29 is 9.90 Å². The minimum absolute atomic E-state index is 0.0117. The number of fused-ring (bicyclic) bond motifs is 1. The molecule has 4 nitrogen and oxygen atoms in total. The summed E-state index contributed by atoms with van der Waals surface area (Å²) in [6, 6.07) is 8.08. The average molecular weight is 206 g/mol. The summed E-state index contributed by atoms with van der Waals surface area (Å²) in [5.74, 6) is 0. The number of amides is 1. The Hall–Kier alpha value is -1.71. The van der Waals surface area contributed by atoms with Gasteiger partial charge in [-0.05, 0) is 18.1 Å². The Bertz CT molecular complexity index is 379. The van der Waals surface area contributed by atoms with E-state index < -0.39 is 6.09 Å². The Morgan fingerprint density at radius 1 is 1.53 bits per heavy atom. The van der Waals surface area contributed by atoms with Gasteiger partial charge in [0.2, 0.25) is 0 Å². The topological polar surface area (TPSA) is 52.6 Å². The third kappa shape index (κ3) is 2.03. The predicted octanol–water partition coefficient (Wildman–Crippen LogP) is 1.32. The molecule has 1 heterocycles. The Kier molecular flexibility index (Phi) is 2.49. The molecule has 0 bridgehead atoms. The van der Waals surface area contributed by atoms with Crippen LogP contribution in [0.2, 0.25) is 0 Å². The van der Waals surface area contributed by atoms with Gasteiger partial charge in [-0.1, -0.05) is 18.2 Å². The fraction of sp³-hybridized carbons (Fsp3) is 0.364. The van der Waals surface area contributed by atoms with Crippen LogP contribution in [0.5, 0.6) is 0 Å². The van der Waals surface area contributed by atoms with Crippen LogP contribution < -0.4 is 10.2 Å². The lowest BCUT2D eigenvalue weighted by Crippen LogP contribution is -2.46. The summed E-state index contributed by atoms with van der Waals surface area (Å²) in [4.78, 5) is 12.6. The molecule has 0 radical (unpaired) electrons. The number of hydrogen-bond donors (Lipinski definition) is 2. The number of nitrogens with zero attached hydrogens (tertiary/aromatic N) is 1. The smallest absolute Gasteiger partial charge is 0.404 e. The molecule has 0 saturated carbocycles. The summed E-state index contributed by atoms with van der Waals surface area (Å²) in [6.45, 7) is 0.726. The molecule has 1 atom stereocenters. The first-order chi connectivity index (χ1) is 7.16. The first-order valence-electron chi connectivity index (χ1n) is 4.95. The summed E-state index contributed by atoms with van der Waals surface area (Å²) < 4.78 is 0. The van der Waals surface area contributed by atoms with E-state index >= 15 is 0 Å². The Morgan fingerprint density at radius 3 is 3.00 bits per heavy atom. The van der Waals surface area contributed by atoms with E-state index in [0.717, 1.165) is 13.0 Å². The lowest BCUT2D eigenvalue weighted by atomic mass is 9.98. The Morgan fingerprint density at radius 2 is 2.27 bits per heavy atom.